The fourth-order valence-electron chi connectivity index (χ4n) is 1.90. The van der Waals surface area contributed by atoms with Crippen LogP contribution in [0.3, 0.4) is 0 Å². The monoisotopic (exact) mass is 243 g/mol. The van der Waals surface area contributed by atoms with Crippen molar-refractivity contribution in [1.29, 1.82) is 0 Å². The maximum atomic E-state index is 5.21. The number of H-pyrrole nitrogens is 1. The Morgan fingerprint density at radius 3 is 2.89 bits per heavy atom. The molecule has 3 rings (SSSR count). The normalized spacial score (nSPS) is 11.0. The summed E-state index contributed by atoms with van der Waals surface area (Å²) < 4.78 is 7.20. The van der Waals surface area contributed by atoms with Crippen molar-refractivity contribution in [2.75, 3.05) is 0 Å². The van der Waals surface area contributed by atoms with Crippen LogP contribution in [0.2, 0.25) is 0 Å². The minimum atomic E-state index is 0.600. The van der Waals surface area contributed by atoms with Crippen molar-refractivity contribution in [3.63, 3.8) is 0 Å². The lowest BCUT2D eigenvalue weighted by atomic mass is 10.3. The number of hydrogen-bond acceptors (Lipinski definition) is 4. The summed E-state index contributed by atoms with van der Waals surface area (Å²) >= 11 is 0. The lowest BCUT2D eigenvalue weighted by molar-refractivity contribution is 0.373. The molecule has 0 bridgehead atoms. The largest absolute Gasteiger partial charge is 0.359 e. The van der Waals surface area contributed by atoms with Gasteiger partial charge in [0.2, 0.25) is 0 Å². The molecule has 18 heavy (non-hydrogen) atoms. The Kier molecular flexibility index (Phi) is 2.47. The maximum absolute atomic E-state index is 5.21. The highest BCUT2D eigenvalue weighted by atomic mass is 16.5. The third-order valence-corrected chi connectivity index (χ3v) is 2.76. The highest BCUT2D eigenvalue weighted by molar-refractivity contribution is 5.52. The van der Waals surface area contributed by atoms with E-state index >= 15 is 0 Å². The van der Waals surface area contributed by atoms with E-state index in [0.29, 0.717) is 6.54 Å². The molecule has 0 aliphatic carbocycles. The van der Waals surface area contributed by atoms with Crippen LogP contribution in [0.15, 0.2) is 29.3 Å². The Morgan fingerprint density at radius 1 is 1.33 bits per heavy atom. The second kappa shape index (κ2) is 4.14. The minimum absolute atomic E-state index is 0.600. The highest BCUT2D eigenvalue weighted by Crippen LogP contribution is 2.19. The summed E-state index contributed by atoms with van der Waals surface area (Å²) in [7, 11) is 0. The summed E-state index contributed by atoms with van der Waals surface area (Å²) in [5, 5.41) is 3.88. The third-order valence-electron chi connectivity index (χ3n) is 2.76. The third kappa shape index (κ3) is 1.81. The van der Waals surface area contributed by atoms with Crippen LogP contribution in [0, 0.1) is 13.8 Å². The molecule has 0 aliphatic rings. The molecule has 92 valence electrons. The van der Waals surface area contributed by atoms with Crippen LogP contribution in [-0.4, -0.2) is 24.7 Å². The Morgan fingerprint density at radius 2 is 2.22 bits per heavy atom. The molecule has 0 aliphatic heterocycles. The Hall–Kier alpha value is -2.37. The van der Waals surface area contributed by atoms with Crippen molar-refractivity contribution >= 4 is 0 Å². The first kappa shape index (κ1) is 10.8. The van der Waals surface area contributed by atoms with E-state index in [1.807, 2.05) is 30.7 Å². The van der Waals surface area contributed by atoms with Gasteiger partial charge in [0.1, 0.15) is 5.69 Å². The molecule has 0 saturated carbocycles. The van der Waals surface area contributed by atoms with Gasteiger partial charge in [0, 0.05) is 24.2 Å². The molecule has 1 N–H and O–H groups in total. The van der Waals surface area contributed by atoms with Crippen LogP contribution in [0.5, 0.6) is 0 Å². The zero-order valence-electron chi connectivity index (χ0n) is 10.2. The smallest absolute Gasteiger partial charge is 0.160 e. The van der Waals surface area contributed by atoms with Crippen LogP contribution in [0.1, 0.15) is 17.1 Å². The van der Waals surface area contributed by atoms with Gasteiger partial charge in [0.15, 0.2) is 11.6 Å². The molecular weight excluding hydrogens is 230 g/mol. The van der Waals surface area contributed by atoms with E-state index in [2.05, 4.69) is 20.1 Å². The number of imidazole rings is 2. The highest BCUT2D eigenvalue weighted by Gasteiger charge is 2.12. The van der Waals surface area contributed by atoms with Gasteiger partial charge in [-0.05, 0) is 13.8 Å². The average Bonchev–Trinajstić information content (AvgIpc) is 3.02. The average molecular weight is 243 g/mol. The van der Waals surface area contributed by atoms with Gasteiger partial charge < -0.3 is 14.1 Å². The summed E-state index contributed by atoms with van der Waals surface area (Å²) in [6.45, 7) is 4.47. The Bertz CT molecular complexity index is 663. The fourth-order valence-corrected chi connectivity index (χ4v) is 1.90. The quantitative estimate of drug-likeness (QED) is 0.762. The first-order valence-corrected chi connectivity index (χ1v) is 5.67. The molecule has 0 amide bonds. The molecular formula is C12H13N5O. The maximum Gasteiger partial charge on any atom is 0.160 e. The van der Waals surface area contributed by atoms with E-state index in [4.69, 9.17) is 4.52 Å². The van der Waals surface area contributed by atoms with E-state index in [1.54, 1.807) is 12.5 Å². The molecule has 6 heteroatoms. The predicted molar refractivity (Wildman–Crippen MR) is 64.9 cm³/mol. The van der Waals surface area contributed by atoms with Gasteiger partial charge in [-0.25, -0.2) is 9.97 Å². The zero-order valence-corrected chi connectivity index (χ0v) is 10.2. The van der Waals surface area contributed by atoms with Crippen LogP contribution < -0.4 is 0 Å². The van der Waals surface area contributed by atoms with Gasteiger partial charge in [0.25, 0.3) is 0 Å². The molecule has 0 atom stereocenters. The van der Waals surface area contributed by atoms with Crippen molar-refractivity contribution in [2.24, 2.45) is 0 Å². The minimum Gasteiger partial charge on any atom is -0.359 e. The molecule has 0 fully saturated rings. The number of hydrogen-bond donors (Lipinski definition) is 1. The van der Waals surface area contributed by atoms with Gasteiger partial charge >= 0.3 is 0 Å². The number of nitrogens with one attached hydrogen (secondary N) is 1. The van der Waals surface area contributed by atoms with Crippen molar-refractivity contribution in [2.45, 2.75) is 20.4 Å². The number of rotatable bonds is 3. The molecule has 0 aromatic carbocycles. The molecule has 0 unspecified atom stereocenters. The number of aryl methyl sites for hydroxylation is 2. The standard InChI is InChI=1S/C12H13N5O/c1-8-5-10(18-16-8)6-17-4-3-13-12(17)11-9(2)14-7-15-11/h3-5,7H,6H2,1-2H3,(H,14,15). The number of aromatic nitrogens is 5. The SMILES string of the molecule is Cc1cc(Cn2ccnc2-c2nc[nH]c2C)on1. The molecule has 3 aromatic rings. The van der Waals surface area contributed by atoms with Crippen molar-refractivity contribution in [1.82, 2.24) is 24.7 Å². The van der Waals surface area contributed by atoms with E-state index in [-0.39, 0.29) is 0 Å². The first-order chi connectivity index (χ1) is 8.74. The van der Waals surface area contributed by atoms with Gasteiger partial charge in [-0.1, -0.05) is 5.16 Å². The second-order valence-electron chi connectivity index (χ2n) is 4.19. The number of aromatic amines is 1. The van der Waals surface area contributed by atoms with Gasteiger partial charge in [-0.2, -0.15) is 0 Å². The summed E-state index contributed by atoms with van der Waals surface area (Å²) in [6, 6.07) is 1.92. The van der Waals surface area contributed by atoms with Crippen LogP contribution in [0.25, 0.3) is 11.5 Å². The summed E-state index contributed by atoms with van der Waals surface area (Å²) in [5.41, 5.74) is 2.73. The van der Waals surface area contributed by atoms with Crippen LogP contribution in [-0.2, 0) is 6.54 Å². The van der Waals surface area contributed by atoms with Gasteiger partial charge in [0.05, 0.1) is 18.6 Å². The zero-order chi connectivity index (χ0) is 12.5. The lowest BCUT2D eigenvalue weighted by Crippen LogP contribution is -2.01. The molecule has 6 nitrogen and oxygen atoms in total. The molecule has 0 spiro atoms. The molecule has 3 aromatic heterocycles. The van der Waals surface area contributed by atoms with Crippen LogP contribution >= 0.6 is 0 Å². The van der Waals surface area contributed by atoms with Crippen molar-refractivity contribution < 1.29 is 4.52 Å². The van der Waals surface area contributed by atoms with Crippen molar-refractivity contribution in [3.05, 3.63) is 41.9 Å². The number of nitrogens with zero attached hydrogens (tertiary/aromatic N) is 4. The van der Waals surface area contributed by atoms with E-state index in [9.17, 15) is 0 Å². The molecule has 0 radical (unpaired) electrons. The van der Waals surface area contributed by atoms with E-state index in [1.165, 1.54) is 0 Å². The Labute approximate surface area is 104 Å². The van der Waals surface area contributed by atoms with Gasteiger partial charge in [-0.15, -0.1) is 0 Å². The molecule has 3 heterocycles. The van der Waals surface area contributed by atoms with E-state index < -0.39 is 0 Å². The van der Waals surface area contributed by atoms with Crippen LogP contribution in [0.4, 0.5) is 0 Å². The molecule has 0 saturated heterocycles. The van der Waals surface area contributed by atoms with Gasteiger partial charge in [-0.3, -0.25) is 0 Å². The summed E-state index contributed by atoms with van der Waals surface area (Å²) in [6.07, 6.45) is 5.33. The van der Waals surface area contributed by atoms with Crippen molar-refractivity contribution in [3.8, 4) is 11.5 Å². The topological polar surface area (TPSA) is 72.5 Å². The second-order valence-corrected chi connectivity index (χ2v) is 4.19. The van der Waals surface area contributed by atoms with E-state index in [0.717, 1.165) is 28.7 Å². The Balaban J connectivity index is 1.95. The summed E-state index contributed by atoms with van der Waals surface area (Å²) in [4.78, 5) is 11.7. The first-order valence-electron chi connectivity index (χ1n) is 5.67. The summed E-state index contributed by atoms with van der Waals surface area (Å²) in [5.74, 6) is 1.63. The fraction of sp³-hybridized carbons (Fsp3) is 0.250. The lowest BCUT2D eigenvalue weighted by Gasteiger charge is -2.03. The predicted octanol–water partition coefficient (Wildman–Crippen LogP) is 1.93.